The molecule has 1 unspecified atom stereocenters. The van der Waals surface area contributed by atoms with E-state index in [9.17, 15) is 4.79 Å². The highest BCUT2D eigenvalue weighted by molar-refractivity contribution is 14.1. The number of hydrogen-bond acceptors (Lipinski definition) is 2. The summed E-state index contributed by atoms with van der Waals surface area (Å²) in [6.07, 6.45) is -1.03. The molecule has 0 aliphatic heterocycles. The first kappa shape index (κ1) is 22.0. The van der Waals surface area contributed by atoms with Crippen LogP contribution >= 0.6 is 85.5 Å². The topological polar surface area (TPSA) is 53.2 Å². The van der Waals surface area contributed by atoms with Crippen LogP contribution in [0.2, 0.25) is 0 Å². The zero-order valence-corrected chi connectivity index (χ0v) is 19.7. The van der Waals surface area contributed by atoms with Gasteiger partial charge in [-0.1, -0.05) is 50.7 Å². The second-order valence-electron chi connectivity index (χ2n) is 5.06. The van der Waals surface area contributed by atoms with Crippen molar-refractivity contribution in [1.29, 1.82) is 0 Å². The van der Waals surface area contributed by atoms with Gasteiger partial charge >= 0.3 is 0 Å². The van der Waals surface area contributed by atoms with E-state index in [0.29, 0.717) is 5.56 Å². The van der Waals surface area contributed by atoms with E-state index in [4.69, 9.17) is 47.0 Å². The minimum atomic E-state index is -1.82. The van der Waals surface area contributed by atoms with Crippen LogP contribution < -0.4 is 16.0 Å². The molecule has 0 fully saturated rings. The first-order valence-electron chi connectivity index (χ1n) is 7.11. The Morgan fingerprint density at radius 3 is 2.15 bits per heavy atom. The molecule has 0 aliphatic rings. The Balaban J connectivity index is 2.04. The number of halogens is 5. The third-order valence-electron chi connectivity index (χ3n) is 3.09. The first-order chi connectivity index (χ1) is 12.1. The van der Waals surface area contributed by atoms with Crippen LogP contribution in [-0.4, -0.2) is 21.0 Å². The summed E-state index contributed by atoms with van der Waals surface area (Å²) in [5, 5.41) is 8.62. The average Bonchev–Trinajstić information content (AvgIpc) is 2.56. The number of nitrogens with one attached hydrogen (secondary N) is 3. The lowest BCUT2D eigenvalue weighted by Crippen LogP contribution is -2.56. The molecule has 0 aliphatic carbocycles. The molecule has 2 rings (SSSR count). The third kappa shape index (κ3) is 7.01. The Hall–Kier alpha value is -0.320. The Morgan fingerprint density at radius 2 is 1.62 bits per heavy atom. The van der Waals surface area contributed by atoms with E-state index in [1.807, 2.05) is 24.3 Å². The highest BCUT2D eigenvalue weighted by Crippen LogP contribution is 2.29. The van der Waals surface area contributed by atoms with Gasteiger partial charge in [0.25, 0.3) is 5.91 Å². The molecule has 0 bridgehead atoms. The van der Waals surface area contributed by atoms with E-state index in [1.54, 1.807) is 24.3 Å². The molecule has 138 valence electrons. The Morgan fingerprint density at radius 1 is 1.04 bits per heavy atom. The first-order valence-corrected chi connectivity index (χ1v) is 10.5. The third-order valence-corrected chi connectivity index (χ3v) is 5.21. The number of carbonyl (C=O) groups excluding carboxylic acids is 1. The fourth-order valence-corrected chi connectivity index (χ4v) is 3.03. The van der Waals surface area contributed by atoms with E-state index >= 15 is 0 Å². The summed E-state index contributed by atoms with van der Waals surface area (Å²) in [5.74, 6) is -0.404. The van der Waals surface area contributed by atoms with Crippen molar-refractivity contribution in [2.24, 2.45) is 0 Å². The number of benzene rings is 2. The molecule has 0 saturated carbocycles. The zero-order chi connectivity index (χ0) is 19.3. The number of rotatable bonds is 4. The highest BCUT2D eigenvalue weighted by atomic mass is 127. The van der Waals surface area contributed by atoms with Crippen molar-refractivity contribution in [3.63, 3.8) is 0 Å². The zero-order valence-electron chi connectivity index (χ0n) is 12.9. The Labute approximate surface area is 193 Å². The predicted molar refractivity (Wildman–Crippen MR) is 124 cm³/mol. The lowest BCUT2D eigenvalue weighted by atomic mass is 10.2. The van der Waals surface area contributed by atoms with Crippen LogP contribution in [0.4, 0.5) is 5.69 Å². The molecule has 0 aromatic heterocycles. The fraction of sp³-hybridized carbons (Fsp3) is 0.125. The van der Waals surface area contributed by atoms with Gasteiger partial charge in [-0.2, -0.15) is 0 Å². The van der Waals surface area contributed by atoms with Gasteiger partial charge in [0.05, 0.1) is 0 Å². The van der Waals surface area contributed by atoms with E-state index in [0.717, 1.165) is 13.7 Å². The summed E-state index contributed by atoms with van der Waals surface area (Å²) in [6.45, 7) is 0. The number of amides is 1. The molecule has 26 heavy (non-hydrogen) atoms. The fourth-order valence-electron chi connectivity index (χ4n) is 1.85. The lowest BCUT2D eigenvalue weighted by Gasteiger charge is -2.27. The maximum atomic E-state index is 12.4. The van der Waals surface area contributed by atoms with Gasteiger partial charge in [-0.25, -0.2) is 0 Å². The largest absolute Gasteiger partial charge is 0.339 e. The molecule has 0 saturated heterocycles. The quantitative estimate of drug-likeness (QED) is 0.187. The monoisotopic (exact) mass is 605 g/mol. The van der Waals surface area contributed by atoms with Crippen molar-refractivity contribution < 1.29 is 4.79 Å². The smallest absolute Gasteiger partial charge is 0.252 e. The number of carbonyl (C=O) groups is 1. The summed E-state index contributed by atoms with van der Waals surface area (Å²) in [5.41, 5.74) is 1.19. The minimum absolute atomic E-state index is 0.207. The van der Waals surface area contributed by atoms with Crippen molar-refractivity contribution in [1.82, 2.24) is 10.6 Å². The molecule has 1 atom stereocenters. The molecular formula is C16H12BrCl3IN3OS. The number of hydrogen-bond donors (Lipinski definition) is 3. The van der Waals surface area contributed by atoms with Crippen molar-refractivity contribution >= 4 is 102 Å². The van der Waals surface area contributed by atoms with Crippen LogP contribution in [0, 0.1) is 3.57 Å². The molecule has 2 aromatic carbocycles. The van der Waals surface area contributed by atoms with E-state index < -0.39 is 15.9 Å². The number of alkyl halides is 3. The molecular weight excluding hydrogens is 595 g/mol. The summed E-state index contributed by atoms with van der Waals surface area (Å²) >= 11 is 28.7. The van der Waals surface area contributed by atoms with Crippen LogP contribution in [0.5, 0.6) is 0 Å². The van der Waals surface area contributed by atoms with Gasteiger partial charge in [0.2, 0.25) is 3.79 Å². The summed E-state index contributed by atoms with van der Waals surface area (Å²) in [7, 11) is 0. The van der Waals surface area contributed by atoms with E-state index in [-0.39, 0.29) is 5.11 Å². The average molecular weight is 608 g/mol. The van der Waals surface area contributed by atoms with Gasteiger partial charge in [0.15, 0.2) is 5.11 Å². The number of thiocarbonyl (C=S) groups is 1. The van der Waals surface area contributed by atoms with E-state index in [2.05, 4.69) is 54.5 Å². The van der Waals surface area contributed by atoms with Crippen molar-refractivity contribution in [3.8, 4) is 0 Å². The molecule has 2 aromatic rings. The summed E-state index contributed by atoms with van der Waals surface area (Å²) in [6, 6.07) is 14.4. The van der Waals surface area contributed by atoms with Gasteiger partial charge in [0.1, 0.15) is 6.17 Å². The molecule has 0 heterocycles. The highest BCUT2D eigenvalue weighted by Gasteiger charge is 2.34. The van der Waals surface area contributed by atoms with E-state index in [1.165, 1.54) is 0 Å². The maximum absolute atomic E-state index is 12.4. The molecule has 1 amide bonds. The van der Waals surface area contributed by atoms with Gasteiger partial charge in [-0.15, -0.1) is 0 Å². The van der Waals surface area contributed by atoms with Crippen molar-refractivity contribution in [3.05, 3.63) is 62.1 Å². The van der Waals surface area contributed by atoms with Crippen molar-refractivity contribution in [2.75, 3.05) is 5.32 Å². The molecule has 0 radical (unpaired) electrons. The van der Waals surface area contributed by atoms with Gasteiger partial charge in [-0.05, 0) is 83.3 Å². The molecule has 0 spiro atoms. The lowest BCUT2D eigenvalue weighted by molar-refractivity contribution is 0.0934. The van der Waals surface area contributed by atoms with Crippen LogP contribution in [0.15, 0.2) is 53.0 Å². The Bertz CT molecular complexity index is 785. The van der Waals surface area contributed by atoms with Gasteiger partial charge in [-0.3, -0.25) is 4.79 Å². The molecule has 4 nitrogen and oxygen atoms in total. The summed E-state index contributed by atoms with van der Waals surface area (Å²) < 4.78 is 0.129. The van der Waals surface area contributed by atoms with Crippen LogP contribution in [0.3, 0.4) is 0 Å². The van der Waals surface area contributed by atoms with Crippen molar-refractivity contribution in [2.45, 2.75) is 9.96 Å². The molecule has 3 N–H and O–H groups in total. The van der Waals surface area contributed by atoms with Crippen LogP contribution in [0.1, 0.15) is 10.4 Å². The predicted octanol–water partition coefficient (Wildman–Crippen LogP) is 5.47. The van der Waals surface area contributed by atoms with Gasteiger partial charge in [0, 0.05) is 19.3 Å². The second-order valence-corrected chi connectivity index (χ2v) is 10.00. The Kier molecular flexibility index (Phi) is 8.24. The maximum Gasteiger partial charge on any atom is 0.252 e. The normalized spacial score (nSPS) is 12.2. The SMILES string of the molecule is O=C(NC(NC(=S)Nc1ccc(I)cc1)C(Cl)(Cl)Cl)c1ccc(Br)cc1. The second kappa shape index (κ2) is 9.75. The minimum Gasteiger partial charge on any atom is -0.339 e. The standard InChI is InChI=1S/C16H12BrCl3IN3OS/c17-10-3-1-9(2-4-10)13(25)23-14(16(18,19)20)24-15(26)22-12-7-5-11(21)6-8-12/h1-8,14H,(H,23,25)(H2,22,24,26). The van der Waals surface area contributed by atoms with Crippen LogP contribution in [-0.2, 0) is 0 Å². The molecule has 10 heteroatoms. The summed E-state index contributed by atoms with van der Waals surface area (Å²) in [4.78, 5) is 12.4. The van der Waals surface area contributed by atoms with Crippen LogP contribution in [0.25, 0.3) is 0 Å². The number of anilines is 1. The van der Waals surface area contributed by atoms with Gasteiger partial charge < -0.3 is 16.0 Å².